The van der Waals surface area contributed by atoms with E-state index in [0.29, 0.717) is 0 Å². The molecule has 0 radical (unpaired) electrons. The second-order valence-corrected chi connectivity index (χ2v) is 3.32. The van der Waals surface area contributed by atoms with E-state index in [1.165, 1.54) is 0 Å². The van der Waals surface area contributed by atoms with Gasteiger partial charge in [-0.05, 0) is 30.0 Å². The van der Waals surface area contributed by atoms with Crippen molar-refractivity contribution in [2.24, 2.45) is 4.99 Å². The van der Waals surface area contributed by atoms with E-state index in [-0.39, 0.29) is 0 Å². The molecule has 86 valence electrons. The maximum atomic E-state index is 5.76. The minimum absolute atomic E-state index is 0.721. The van der Waals surface area contributed by atoms with Crippen LogP contribution in [0.15, 0.2) is 48.1 Å². The van der Waals surface area contributed by atoms with Gasteiger partial charge in [0.2, 0.25) is 0 Å². The highest BCUT2D eigenvalue weighted by atomic mass is 35.5. The fourth-order valence-corrected chi connectivity index (χ4v) is 1.11. The highest BCUT2D eigenvalue weighted by molar-refractivity contribution is 6.30. The SMILES string of the molecule is C=C/C(=C\N=C)c1ccc(Cl)cc1.COC. The highest BCUT2D eigenvalue weighted by Gasteiger charge is 1.95. The first-order valence-electron chi connectivity index (χ1n) is 4.64. The van der Waals surface area contributed by atoms with Gasteiger partial charge in [-0.1, -0.05) is 36.4 Å². The van der Waals surface area contributed by atoms with Crippen molar-refractivity contribution < 1.29 is 4.74 Å². The van der Waals surface area contributed by atoms with Crippen molar-refractivity contribution >= 4 is 23.9 Å². The summed E-state index contributed by atoms with van der Waals surface area (Å²) >= 11 is 5.76. The lowest BCUT2D eigenvalue weighted by molar-refractivity contribution is 0.277. The third-order valence-corrected chi connectivity index (χ3v) is 1.88. The number of hydrogen-bond donors (Lipinski definition) is 0. The number of ether oxygens (including phenoxy) is 1. The standard InChI is InChI=1S/C11H10ClN.C2H6O/c1-3-9(8-13-2)10-4-6-11(12)7-5-10;1-3-2/h3-8H,1-2H2;1-2H3/b9-8+;. The maximum Gasteiger partial charge on any atom is 0.0406 e. The first-order valence-corrected chi connectivity index (χ1v) is 5.01. The fraction of sp³-hybridized carbons (Fsp3) is 0.154. The van der Waals surface area contributed by atoms with E-state index in [4.69, 9.17) is 11.6 Å². The zero-order chi connectivity index (χ0) is 12.4. The first kappa shape index (κ1) is 14.6. The summed E-state index contributed by atoms with van der Waals surface area (Å²) in [5.41, 5.74) is 1.97. The van der Waals surface area contributed by atoms with Crippen LogP contribution in [0, 0.1) is 0 Å². The highest BCUT2D eigenvalue weighted by Crippen LogP contribution is 2.18. The molecule has 1 aromatic rings. The van der Waals surface area contributed by atoms with Crippen LogP contribution in [0.5, 0.6) is 0 Å². The van der Waals surface area contributed by atoms with E-state index in [2.05, 4.69) is 23.0 Å². The number of halogens is 1. The van der Waals surface area contributed by atoms with Crippen molar-refractivity contribution in [3.63, 3.8) is 0 Å². The lowest BCUT2D eigenvalue weighted by atomic mass is 10.1. The van der Waals surface area contributed by atoms with Gasteiger partial charge < -0.3 is 4.74 Å². The fourth-order valence-electron chi connectivity index (χ4n) is 0.986. The second kappa shape index (κ2) is 8.89. The Morgan fingerprint density at radius 3 is 2.19 bits per heavy atom. The van der Waals surface area contributed by atoms with Crippen LogP contribution in [-0.4, -0.2) is 20.9 Å². The van der Waals surface area contributed by atoms with Gasteiger partial charge in [-0.2, -0.15) is 0 Å². The molecule has 0 aromatic heterocycles. The predicted molar refractivity (Wildman–Crippen MR) is 72.1 cm³/mol. The zero-order valence-corrected chi connectivity index (χ0v) is 10.4. The Labute approximate surface area is 102 Å². The molecule has 0 fully saturated rings. The quantitative estimate of drug-likeness (QED) is 0.578. The van der Waals surface area contributed by atoms with E-state index in [1.807, 2.05) is 24.3 Å². The molecule has 0 spiro atoms. The molecule has 0 saturated heterocycles. The molecule has 0 atom stereocenters. The van der Waals surface area contributed by atoms with E-state index in [1.54, 1.807) is 26.5 Å². The maximum absolute atomic E-state index is 5.76. The molecule has 0 aliphatic carbocycles. The van der Waals surface area contributed by atoms with Gasteiger partial charge in [0.1, 0.15) is 0 Å². The number of methoxy groups -OCH3 is 1. The summed E-state index contributed by atoms with van der Waals surface area (Å²) in [7, 11) is 3.25. The van der Waals surface area contributed by atoms with Crippen molar-refractivity contribution in [2.45, 2.75) is 0 Å². The molecule has 0 amide bonds. The van der Waals surface area contributed by atoms with Crippen molar-refractivity contribution in [3.8, 4) is 0 Å². The third-order valence-electron chi connectivity index (χ3n) is 1.63. The average molecular weight is 238 g/mol. The van der Waals surface area contributed by atoms with Gasteiger partial charge in [-0.15, -0.1) is 0 Å². The van der Waals surface area contributed by atoms with Crippen LogP contribution in [-0.2, 0) is 4.74 Å². The molecule has 0 bridgehead atoms. The van der Waals surface area contributed by atoms with Gasteiger partial charge in [-0.25, -0.2) is 0 Å². The molecule has 2 nitrogen and oxygen atoms in total. The summed E-state index contributed by atoms with van der Waals surface area (Å²) < 4.78 is 4.25. The number of aliphatic imine (C=N–C) groups is 1. The summed E-state index contributed by atoms with van der Waals surface area (Å²) in [6.07, 6.45) is 3.40. The molecule has 0 aliphatic rings. The Morgan fingerprint density at radius 1 is 1.31 bits per heavy atom. The lowest BCUT2D eigenvalue weighted by Gasteiger charge is -2.00. The molecular formula is C13H16ClNO. The number of rotatable bonds is 3. The monoisotopic (exact) mass is 237 g/mol. The zero-order valence-electron chi connectivity index (χ0n) is 9.61. The normalized spacial score (nSPS) is 10.1. The minimum Gasteiger partial charge on any atom is -0.388 e. The number of nitrogens with zero attached hydrogens (tertiary/aromatic N) is 1. The van der Waals surface area contributed by atoms with Crippen molar-refractivity contribution in [3.05, 3.63) is 53.7 Å². The molecule has 0 saturated carbocycles. The van der Waals surface area contributed by atoms with Gasteiger partial charge in [-0.3, -0.25) is 4.99 Å². The Kier molecular flexibility index (Phi) is 8.12. The van der Waals surface area contributed by atoms with Crippen LogP contribution in [0.2, 0.25) is 5.02 Å². The number of hydrogen-bond acceptors (Lipinski definition) is 2. The van der Waals surface area contributed by atoms with Gasteiger partial charge in [0, 0.05) is 25.4 Å². The molecular weight excluding hydrogens is 222 g/mol. The van der Waals surface area contributed by atoms with Crippen LogP contribution < -0.4 is 0 Å². The van der Waals surface area contributed by atoms with Gasteiger partial charge in [0.15, 0.2) is 0 Å². The van der Waals surface area contributed by atoms with Crippen LogP contribution >= 0.6 is 11.6 Å². The topological polar surface area (TPSA) is 21.6 Å². The van der Waals surface area contributed by atoms with Crippen molar-refractivity contribution in [2.75, 3.05) is 14.2 Å². The van der Waals surface area contributed by atoms with Gasteiger partial charge >= 0.3 is 0 Å². The second-order valence-electron chi connectivity index (χ2n) is 2.89. The molecule has 3 heteroatoms. The smallest absolute Gasteiger partial charge is 0.0406 e. The molecule has 16 heavy (non-hydrogen) atoms. The van der Waals surface area contributed by atoms with Gasteiger partial charge in [0.25, 0.3) is 0 Å². The minimum atomic E-state index is 0.721. The molecule has 0 unspecified atom stereocenters. The van der Waals surface area contributed by atoms with E-state index < -0.39 is 0 Å². The van der Waals surface area contributed by atoms with Crippen LogP contribution in [0.25, 0.3) is 5.57 Å². The summed E-state index contributed by atoms with van der Waals surface area (Å²) in [4.78, 5) is 3.69. The molecule has 0 aliphatic heterocycles. The largest absolute Gasteiger partial charge is 0.388 e. The molecule has 0 N–H and O–H groups in total. The third kappa shape index (κ3) is 5.49. The molecule has 0 heterocycles. The average Bonchev–Trinajstić information content (AvgIpc) is 2.28. The Hall–Kier alpha value is -1.38. The van der Waals surface area contributed by atoms with E-state index in [0.717, 1.165) is 16.2 Å². The van der Waals surface area contributed by atoms with Gasteiger partial charge in [0.05, 0.1) is 0 Å². The number of allylic oxidation sites excluding steroid dienone is 2. The van der Waals surface area contributed by atoms with Crippen molar-refractivity contribution in [1.82, 2.24) is 0 Å². The summed E-state index contributed by atoms with van der Waals surface area (Å²) in [6, 6.07) is 7.50. The van der Waals surface area contributed by atoms with E-state index in [9.17, 15) is 0 Å². The first-order chi connectivity index (χ1) is 7.69. The molecule has 1 aromatic carbocycles. The Balaban J connectivity index is 0.000000673. The Bertz CT molecular complexity index is 355. The van der Waals surface area contributed by atoms with Crippen LogP contribution in [0.4, 0.5) is 0 Å². The predicted octanol–water partition coefficient (Wildman–Crippen LogP) is 3.83. The van der Waals surface area contributed by atoms with Crippen molar-refractivity contribution in [1.29, 1.82) is 0 Å². The van der Waals surface area contributed by atoms with Crippen LogP contribution in [0.3, 0.4) is 0 Å². The Morgan fingerprint density at radius 2 is 1.81 bits per heavy atom. The van der Waals surface area contributed by atoms with E-state index >= 15 is 0 Å². The summed E-state index contributed by atoms with van der Waals surface area (Å²) in [5, 5.41) is 0.721. The number of benzene rings is 1. The van der Waals surface area contributed by atoms with Crippen LogP contribution in [0.1, 0.15) is 5.56 Å². The summed E-state index contributed by atoms with van der Waals surface area (Å²) in [6.45, 7) is 7.08. The summed E-state index contributed by atoms with van der Waals surface area (Å²) in [5.74, 6) is 0. The lowest BCUT2D eigenvalue weighted by Crippen LogP contribution is -1.78. The molecule has 1 rings (SSSR count).